The smallest absolute Gasteiger partial charge is 0.0724 e. The normalized spacial score (nSPS) is 24.9. The highest BCUT2D eigenvalue weighted by molar-refractivity contribution is 4.96. The van der Waals surface area contributed by atoms with Crippen molar-refractivity contribution in [3.05, 3.63) is 24.3 Å². The Balaban J connectivity index is 1.64. The Kier molecular flexibility index (Phi) is 3.64. The third-order valence-electron chi connectivity index (χ3n) is 2.69. The molecule has 0 aliphatic heterocycles. The van der Waals surface area contributed by atoms with Crippen LogP contribution in [0.5, 0.6) is 0 Å². The Bertz CT molecular complexity index is 285. The van der Waals surface area contributed by atoms with E-state index in [0.717, 1.165) is 31.7 Å². The van der Waals surface area contributed by atoms with Crippen LogP contribution in [0.4, 0.5) is 0 Å². The molecule has 0 amide bonds. The number of ether oxygens (including phenoxy) is 1. The molecule has 1 fully saturated rings. The van der Waals surface area contributed by atoms with Crippen LogP contribution in [0, 0.1) is 0 Å². The Morgan fingerprint density at radius 1 is 1.47 bits per heavy atom. The Labute approximate surface area is 90.1 Å². The van der Waals surface area contributed by atoms with Gasteiger partial charge in [-0.1, -0.05) is 0 Å². The molecule has 4 nitrogen and oxygen atoms in total. The molecule has 1 heterocycles. The Morgan fingerprint density at radius 2 is 2.33 bits per heavy atom. The second kappa shape index (κ2) is 5.19. The van der Waals surface area contributed by atoms with E-state index in [4.69, 9.17) is 4.74 Å². The van der Waals surface area contributed by atoms with Crippen LogP contribution in [0.3, 0.4) is 0 Å². The standard InChI is InChI=1S/C11H17N3O/c1-2-15-11-5-9(6-11)14-8-10-7-12-3-4-13-10/h3-4,7,9,11,14H,2,5-6,8H2,1H3. The molecule has 0 bridgehead atoms. The van der Waals surface area contributed by atoms with Crippen molar-refractivity contribution < 1.29 is 4.74 Å². The van der Waals surface area contributed by atoms with Gasteiger partial charge in [-0.2, -0.15) is 0 Å². The van der Waals surface area contributed by atoms with E-state index in [-0.39, 0.29) is 0 Å². The lowest BCUT2D eigenvalue weighted by Gasteiger charge is -2.35. The topological polar surface area (TPSA) is 47.0 Å². The van der Waals surface area contributed by atoms with Crippen molar-refractivity contribution in [1.82, 2.24) is 15.3 Å². The predicted molar refractivity (Wildman–Crippen MR) is 57.3 cm³/mol. The summed E-state index contributed by atoms with van der Waals surface area (Å²) in [4.78, 5) is 8.23. The van der Waals surface area contributed by atoms with Crippen molar-refractivity contribution in [1.29, 1.82) is 0 Å². The number of aromatic nitrogens is 2. The van der Waals surface area contributed by atoms with Gasteiger partial charge in [0, 0.05) is 37.8 Å². The van der Waals surface area contributed by atoms with Gasteiger partial charge in [-0.05, 0) is 19.8 Å². The molecule has 0 atom stereocenters. The minimum atomic E-state index is 0.467. The average Bonchev–Trinajstić information content (AvgIpc) is 2.23. The van der Waals surface area contributed by atoms with Crippen molar-refractivity contribution in [3.8, 4) is 0 Å². The second-order valence-corrected chi connectivity index (χ2v) is 3.82. The largest absolute Gasteiger partial charge is 0.378 e. The van der Waals surface area contributed by atoms with Crippen molar-refractivity contribution in [2.75, 3.05) is 6.61 Å². The molecule has 0 spiro atoms. The van der Waals surface area contributed by atoms with Crippen LogP contribution in [0.2, 0.25) is 0 Å². The van der Waals surface area contributed by atoms with E-state index >= 15 is 0 Å². The van der Waals surface area contributed by atoms with E-state index in [0.29, 0.717) is 12.1 Å². The quantitative estimate of drug-likeness (QED) is 0.786. The van der Waals surface area contributed by atoms with Gasteiger partial charge in [0.15, 0.2) is 0 Å². The van der Waals surface area contributed by atoms with Crippen LogP contribution in [-0.4, -0.2) is 28.7 Å². The molecule has 82 valence electrons. The van der Waals surface area contributed by atoms with Gasteiger partial charge in [-0.15, -0.1) is 0 Å². The zero-order valence-corrected chi connectivity index (χ0v) is 9.02. The van der Waals surface area contributed by atoms with Gasteiger partial charge in [-0.25, -0.2) is 0 Å². The lowest BCUT2D eigenvalue weighted by Crippen LogP contribution is -2.45. The summed E-state index contributed by atoms with van der Waals surface area (Å²) in [6.45, 7) is 3.67. The number of hydrogen-bond acceptors (Lipinski definition) is 4. The number of nitrogens with one attached hydrogen (secondary N) is 1. The first kappa shape index (κ1) is 10.5. The van der Waals surface area contributed by atoms with E-state index in [1.54, 1.807) is 18.6 Å². The van der Waals surface area contributed by atoms with Crippen LogP contribution in [0.1, 0.15) is 25.5 Å². The van der Waals surface area contributed by atoms with Crippen LogP contribution < -0.4 is 5.32 Å². The summed E-state index contributed by atoms with van der Waals surface area (Å²) in [7, 11) is 0. The summed E-state index contributed by atoms with van der Waals surface area (Å²) in [5.74, 6) is 0. The highest BCUT2D eigenvalue weighted by atomic mass is 16.5. The molecule has 0 aromatic carbocycles. The molecule has 1 aliphatic carbocycles. The van der Waals surface area contributed by atoms with E-state index in [9.17, 15) is 0 Å². The molecule has 0 radical (unpaired) electrons. The second-order valence-electron chi connectivity index (χ2n) is 3.82. The molecule has 2 rings (SSSR count). The zero-order valence-electron chi connectivity index (χ0n) is 9.02. The van der Waals surface area contributed by atoms with Gasteiger partial charge in [0.05, 0.1) is 11.8 Å². The average molecular weight is 207 g/mol. The van der Waals surface area contributed by atoms with Crippen molar-refractivity contribution in [2.24, 2.45) is 0 Å². The zero-order chi connectivity index (χ0) is 10.5. The van der Waals surface area contributed by atoms with Gasteiger partial charge in [0.2, 0.25) is 0 Å². The molecule has 1 aromatic heterocycles. The van der Waals surface area contributed by atoms with Crippen LogP contribution >= 0.6 is 0 Å². The first-order valence-corrected chi connectivity index (χ1v) is 5.48. The minimum Gasteiger partial charge on any atom is -0.378 e. The highest BCUT2D eigenvalue weighted by Gasteiger charge is 2.28. The van der Waals surface area contributed by atoms with E-state index in [2.05, 4.69) is 15.3 Å². The number of hydrogen-bond donors (Lipinski definition) is 1. The van der Waals surface area contributed by atoms with Gasteiger partial charge >= 0.3 is 0 Å². The molecule has 1 aromatic rings. The fourth-order valence-electron chi connectivity index (χ4n) is 1.77. The SMILES string of the molecule is CCOC1CC(NCc2cnccn2)C1. The fraction of sp³-hybridized carbons (Fsp3) is 0.636. The van der Waals surface area contributed by atoms with Crippen molar-refractivity contribution in [2.45, 2.75) is 38.5 Å². The summed E-state index contributed by atoms with van der Waals surface area (Å²) in [6.07, 6.45) is 7.92. The monoisotopic (exact) mass is 207 g/mol. The first-order valence-electron chi connectivity index (χ1n) is 5.48. The third-order valence-corrected chi connectivity index (χ3v) is 2.69. The van der Waals surface area contributed by atoms with E-state index < -0.39 is 0 Å². The summed E-state index contributed by atoms with van der Waals surface area (Å²) in [6, 6.07) is 0.587. The maximum absolute atomic E-state index is 5.49. The van der Waals surface area contributed by atoms with Crippen molar-refractivity contribution in [3.63, 3.8) is 0 Å². The molecule has 0 unspecified atom stereocenters. The van der Waals surface area contributed by atoms with E-state index in [1.165, 1.54) is 0 Å². The molecule has 15 heavy (non-hydrogen) atoms. The molecular weight excluding hydrogens is 190 g/mol. The maximum Gasteiger partial charge on any atom is 0.0724 e. The lowest BCUT2D eigenvalue weighted by atomic mass is 9.89. The Hall–Kier alpha value is -1.00. The summed E-state index contributed by atoms with van der Waals surface area (Å²) < 4.78 is 5.49. The van der Waals surface area contributed by atoms with Gasteiger partial charge in [0.1, 0.15) is 0 Å². The fourth-order valence-corrected chi connectivity index (χ4v) is 1.77. The number of rotatable bonds is 5. The van der Waals surface area contributed by atoms with Crippen LogP contribution in [0.25, 0.3) is 0 Å². The highest BCUT2D eigenvalue weighted by Crippen LogP contribution is 2.23. The Morgan fingerprint density at radius 3 is 3.00 bits per heavy atom. The lowest BCUT2D eigenvalue weighted by molar-refractivity contribution is -0.0103. The summed E-state index contributed by atoms with van der Waals surface area (Å²) in [5.41, 5.74) is 0.998. The molecule has 1 saturated carbocycles. The maximum atomic E-state index is 5.49. The molecule has 4 heteroatoms. The third kappa shape index (κ3) is 2.97. The molecule has 1 aliphatic rings. The van der Waals surface area contributed by atoms with Crippen molar-refractivity contribution >= 4 is 0 Å². The summed E-state index contributed by atoms with van der Waals surface area (Å²) in [5, 5.41) is 3.44. The summed E-state index contributed by atoms with van der Waals surface area (Å²) >= 11 is 0. The van der Waals surface area contributed by atoms with Crippen LogP contribution in [0.15, 0.2) is 18.6 Å². The molecular formula is C11H17N3O. The minimum absolute atomic E-state index is 0.467. The van der Waals surface area contributed by atoms with E-state index in [1.807, 2.05) is 6.92 Å². The van der Waals surface area contributed by atoms with Gasteiger partial charge < -0.3 is 10.1 Å². The molecule has 0 saturated heterocycles. The molecule has 1 N–H and O–H groups in total. The van der Waals surface area contributed by atoms with Gasteiger partial charge in [-0.3, -0.25) is 9.97 Å². The number of nitrogens with zero attached hydrogens (tertiary/aromatic N) is 2. The predicted octanol–water partition coefficient (Wildman–Crippen LogP) is 1.13. The van der Waals surface area contributed by atoms with Gasteiger partial charge in [0.25, 0.3) is 0 Å². The van der Waals surface area contributed by atoms with Crippen LogP contribution in [-0.2, 0) is 11.3 Å². The first-order chi connectivity index (χ1) is 7.38.